The third-order valence-corrected chi connectivity index (χ3v) is 6.99. The van der Waals surface area contributed by atoms with Gasteiger partial charge in [-0.25, -0.2) is 13.2 Å². The average molecular weight is 471 g/mol. The zero-order valence-corrected chi connectivity index (χ0v) is 18.6. The van der Waals surface area contributed by atoms with Gasteiger partial charge in [-0.05, 0) is 42.6 Å². The van der Waals surface area contributed by atoms with Gasteiger partial charge in [-0.2, -0.15) is 15.3 Å². The highest BCUT2D eigenvalue weighted by Crippen LogP contribution is 2.39. The Morgan fingerprint density at radius 3 is 2.42 bits per heavy atom. The van der Waals surface area contributed by atoms with Crippen LogP contribution in [0.4, 0.5) is 11.4 Å². The number of fused-ring (bicyclic) bond motifs is 1. The van der Waals surface area contributed by atoms with Gasteiger partial charge < -0.3 is 10.2 Å². The molecular weight excluding hydrogens is 448 g/mol. The van der Waals surface area contributed by atoms with Crippen molar-refractivity contribution >= 4 is 38.1 Å². The Morgan fingerprint density at radius 2 is 1.79 bits per heavy atom. The first-order valence-electron chi connectivity index (χ1n) is 10.1. The number of azo groups is 1. The molecule has 0 bridgehead atoms. The molecule has 0 aliphatic carbocycles. The molecule has 3 atom stereocenters. The van der Waals surface area contributed by atoms with Gasteiger partial charge in [0.1, 0.15) is 17.5 Å². The lowest BCUT2D eigenvalue weighted by molar-refractivity contribution is 0.0148. The van der Waals surface area contributed by atoms with Gasteiger partial charge in [-0.15, -0.1) is 5.11 Å². The standard InChI is InChI=1S/C22H22N4O6S/c1-12-13(2)25-32-21(12)26-33(30,31)16-9-7-15(8-10-16)23-24-19-17-6-4-3-5-14(17)11-18(20(19)27)22(28)29/h3-13,21,25-27H,1-2H3,(H,28,29)/t12-,13-,21-/m0/s1. The maximum Gasteiger partial charge on any atom is 0.339 e. The van der Waals surface area contributed by atoms with Gasteiger partial charge in [0.25, 0.3) is 0 Å². The quantitative estimate of drug-likeness (QED) is 0.400. The van der Waals surface area contributed by atoms with Crippen molar-refractivity contribution in [2.45, 2.75) is 31.0 Å². The van der Waals surface area contributed by atoms with Crippen LogP contribution in [0.5, 0.6) is 5.75 Å². The van der Waals surface area contributed by atoms with Gasteiger partial charge in [0, 0.05) is 17.3 Å². The molecule has 172 valence electrons. The minimum Gasteiger partial charge on any atom is -0.505 e. The summed E-state index contributed by atoms with van der Waals surface area (Å²) in [5, 5.41) is 29.0. The number of sulfonamides is 1. The number of hydroxylamine groups is 1. The van der Waals surface area contributed by atoms with Crippen molar-refractivity contribution in [3.63, 3.8) is 0 Å². The lowest BCUT2D eigenvalue weighted by Crippen LogP contribution is -2.38. The van der Waals surface area contributed by atoms with E-state index in [0.29, 0.717) is 16.5 Å². The predicted octanol–water partition coefficient (Wildman–Crippen LogP) is 3.82. The van der Waals surface area contributed by atoms with E-state index in [2.05, 4.69) is 20.4 Å². The fraction of sp³-hybridized carbons (Fsp3) is 0.227. The first-order chi connectivity index (χ1) is 15.7. The van der Waals surface area contributed by atoms with Gasteiger partial charge in [0.05, 0.1) is 10.6 Å². The SMILES string of the molecule is C[C@H]1[C@H](C)NO[C@@H]1NS(=O)(=O)c1ccc(N=Nc2c(O)c(C(=O)O)cc3ccccc23)cc1. The van der Waals surface area contributed by atoms with Crippen LogP contribution in [0.2, 0.25) is 0 Å². The van der Waals surface area contributed by atoms with Crippen LogP contribution >= 0.6 is 0 Å². The van der Waals surface area contributed by atoms with Crippen molar-refractivity contribution in [3.8, 4) is 5.75 Å². The van der Waals surface area contributed by atoms with Crippen LogP contribution in [0.3, 0.4) is 0 Å². The Hall–Kier alpha value is -3.38. The molecule has 1 heterocycles. The van der Waals surface area contributed by atoms with Crippen LogP contribution in [0, 0.1) is 5.92 Å². The Balaban J connectivity index is 1.60. The summed E-state index contributed by atoms with van der Waals surface area (Å²) >= 11 is 0. The minimum absolute atomic E-state index is 0.00705. The van der Waals surface area contributed by atoms with Crippen molar-refractivity contribution in [2.75, 3.05) is 0 Å². The molecule has 4 N–H and O–H groups in total. The number of benzene rings is 3. The van der Waals surface area contributed by atoms with Gasteiger partial charge in [-0.3, -0.25) is 4.84 Å². The van der Waals surface area contributed by atoms with Crippen molar-refractivity contribution in [1.82, 2.24) is 10.2 Å². The number of hydrogen-bond acceptors (Lipinski definition) is 8. The second kappa shape index (κ2) is 8.87. The molecule has 3 aromatic rings. The number of carboxylic acids is 1. The van der Waals surface area contributed by atoms with Crippen molar-refractivity contribution in [2.24, 2.45) is 16.1 Å². The first-order valence-corrected chi connectivity index (χ1v) is 11.6. The second-order valence-electron chi connectivity index (χ2n) is 7.77. The molecule has 0 spiro atoms. The third kappa shape index (κ3) is 4.57. The van der Waals surface area contributed by atoms with Crippen LogP contribution in [-0.4, -0.2) is 36.9 Å². The minimum atomic E-state index is -3.83. The van der Waals surface area contributed by atoms with Crippen LogP contribution in [0.25, 0.3) is 10.8 Å². The van der Waals surface area contributed by atoms with Crippen molar-refractivity contribution in [1.29, 1.82) is 0 Å². The molecule has 0 radical (unpaired) electrons. The Labute approximate surface area is 189 Å². The number of rotatable bonds is 6. The molecule has 0 unspecified atom stereocenters. The smallest absolute Gasteiger partial charge is 0.339 e. The number of carboxylic acid groups (broad SMARTS) is 1. The Bertz CT molecular complexity index is 1340. The van der Waals surface area contributed by atoms with E-state index in [0.717, 1.165) is 0 Å². The molecule has 11 heteroatoms. The number of carbonyl (C=O) groups is 1. The van der Waals surface area contributed by atoms with Gasteiger partial charge in [0.2, 0.25) is 10.0 Å². The molecule has 0 saturated carbocycles. The molecule has 0 aromatic heterocycles. The molecule has 33 heavy (non-hydrogen) atoms. The summed E-state index contributed by atoms with van der Waals surface area (Å²) in [6.45, 7) is 3.77. The van der Waals surface area contributed by atoms with Gasteiger partial charge in [-0.1, -0.05) is 31.2 Å². The monoisotopic (exact) mass is 470 g/mol. The first kappa shape index (κ1) is 22.8. The summed E-state index contributed by atoms with van der Waals surface area (Å²) < 4.78 is 27.8. The molecule has 1 saturated heterocycles. The summed E-state index contributed by atoms with van der Waals surface area (Å²) in [5.74, 6) is -1.85. The number of aromatic carboxylic acids is 1. The second-order valence-corrected chi connectivity index (χ2v) is 9.48. The lowest BCUT2D eigenvalue weighted by Gasteiger charge is -2.16. The van der Waals surface area contributed by atoms with E-state index < -0.39 is 28.0 Å². The van der Waals surface area contributed by atoms with E-state index in [1.807, 2.05) is 13.8 Å². The van der Waals surface area contributed by atoms with E-state index in [1.165, 1.54) is 30.3 Å². The summed E-state index contributed by atoms with van der Waals surface area (Å²) in [6.07, 6.45) is -0.692. The molecule has 1 aliphatic heterocycles. The normalized spacial score (nSPS) is 21.1. The van der Waals surface area contributed by atoms with Gasteiger partial charge in [0.15, 0.2) is 5.75 Å². The van der Waals surface area contributed by atoms with E-state index in [4.69, 9.17) is 4.84 Å². The third-order valence-electron chi connectivity index (χ3n) is 5.56. The highest BCUT2D eigenvalue weighted by atomic mass is 32.2. The zero-order chi connectivity index (χ0) is 23.8. The summed E-state index contributed by atoms with van der Waals surface area (Å²) in [7, 11) is -3.83. The zero-order valence-electron chi connectivity index (χ0n) is 17.8. The maximum atomic E-state index is 12.7. The van der Waals surface area contributed by atoms with Crippen LogP contribution < -0.4 is 10.2 Å². The fourth-order valence-corrected chi connectivity index (χ4v) is 4.59. The summed E-state index contributed by atoms with van der Waals surface area (Å²) in [4.78, 5) is 16.8. The lowest BCUT2D eigenvalue weighted by atomic mass is 10.0. The molecule has 1 aliphatic rings. The van der Waals surface area contributed by atoms with E-state index in [-0.39, 0.29) is 28.1 Å². The summed E-state index contributed by atoms with van der Waals surface area (Å²) in [6, 6.07) is 13.9. The number of nitrogens with one attached hydrogen (secondary N) is 2. The van der Waals surface area contributed by atoms with Crippen LogP contribution in [0.1, 0.15) is 24.2 Å². The predicted molar refractivity (Wildman–Crippen MR) is 120 cm³/mol. The Morgan fingerprint density at radius 1 is 1.09 bits per heavy atom. The van der Waals surface area contributed by atoms with Crippen LogP contribution in [-0.2, 0) is 14.9 Å². The van der Waals surface area contributed by atoms with Crippen molar-refractivity contribution < 1.29 is 28.3 Å². The number of hydrogen-bond donors (Lipinski definition) is 4. The number of aromatic hydroxyl groups is 1. The highest BCUT2D eigenvalue weighted by molar-refractivity contribution is 7.89. The average Bonchev–Trinajstić information content (AvgIpc) is 3.10. The van der Waals surface area contributed by atoms with Gasteiger partial charge >= 0.3 is 5.97 Å². The largest absolute Gasteiger partial charge is 0.505 e. The highest BCUT2D eigenvalue weighted by Gasteiger charge is 2.34. The molecule has 1 fully saturated rings. The van der Waals surface area contributed by atoms with Crippen LogP contribution in [0.15, 0.2) is 69.7 Å². The molecule has 4 rings (SSSR count). The van der Waals surface area contributed by atoms with E-state index in [1.54, 1.807) is 24.3 Å². The molecule has 10 nitrogen and oxygen atoms in total. The fourth-order valence-electron chi connectivity index (χ4n) is 3.39. The van der Waals surface area contributed by atoms with Crippen molar-refractivity contribution in [3.05, 3.63) is 60.2 Å². The summed E-state index contributed by atoms with van der Waals surface area (Å²) in [5.41, 5.74) is 2.79. The molecular formula is C22H22N4O6S. The molecule has 3 aromatic carbocycles. The maximum absolute atomic E-state index is 12.7. The van der Waals surface area contributed by atoms with E-state index in [9.17, 15) is 23.4 Å². The Kier molecular flexibility index (Phi) is 6.13. The topological polar surface area (TPSA) is 150 Å². The number of nitrogens with zero attached hydrogens (tertiary/aromatic N) is 2. The van der Waals surface area contributed by atoms with E-state index >= 15 is 0 Å². The molecule has 0 amide bonds. The number of phenols is 1.